The van der Waals surface area contributed by atoms with Gasteiger partial charge in [-0.05, 0) is 12.1 Å². The van der Waals surface area contributed by atoms with Crippen LogP contribution in [0.1, 0.15) is 0 Å². The number of fused-ring (bicyclic) bond motifs is 1. The molecule has 2 amide bonds. The van der Waals surface area contributed by atoms with Crippen LogP contribution in [0.25, 0.3) is 10.9 Å². The first-order valence-electron chi connectivity index (χ1n) is 4.23. The summed E-state index contributed by atoms with van der Waals surface area (Å²) < 4.78 is 0. The first kappa shape index (κ1) is 8.55. The summed E-state index contributed by atoms with van der Waals surface area (Å²) in [4.78, 5) is 11.0. The first-order chi connectivity index (χ1) is 6.81. The third kappa shape index (κ3) is 1.39. The van der Waals surface area contributed by atoms with E-state index in [1.165, 1.54) is 0 Å². The molecule has 0 aliphatic carbocycles. The number of aromatic nitrogens is 2. The lowest BCUT2D eigenvalue weighted by molar-refractivity contribution is 0.254. The van der Waals surface area contributed by atoms with Crippen LogP contribution in [-0.2, 0) is 0 Å². The number of nitrogens with zero attached hydrogens (tertiary/aromatic N) is 1. The zero-order valence-corrected chi connectivity index (χ0v) is 7.66. The van der Waals surface area contributed by atoms with E-state index >= 15 is 0 Å². The Morgan fingerprint density at radius 1 is 1.43 bits per heavy atom. The fourth-order valence-electron chi connectivity index (χ4n) is 1.23. The van der Waals surface area contributed by atoms with Crippen LogP contribution in [0, 0.1) is 0 Å². The summed E-state index contributed by atoms with van der Waals surface area (Å²) in [5, 5.41) is 12.8. The number of para-hydroxylation sites is 1. The molecule has 1 aromatic carbocycles. The molecule has 5 heteroatoms. The number of carbonyl (C=O) groups is 1. The van der Waals surface area contributed by atoms with Crippen molar-refractivity contribution in [1.29, 1.82) is 0 Å². The Morgan fingerprint density at radius 3 is 3.00 bits per heavy atom. The van der Waals surface area contributed by atoms with Crippen molar-refractivity contribution >= 4 is 22.8 Å². The first-order valence-corrected chi connectivity index (χ1v) is 4.23. The molecule has 0 saturated carbocycles. The van der Waals surface area contributed by atoms with E-state index in [2.05, 4.69) is 20.8 Å². The molecule has 0 aliphatic heterocycles. The van der Waals surface area contributed by atoms with Gasteiger partial charge in [0.1, 0.15) is 0 Å². The SMILES string of the molecule is CNC(=O)Nc1n[nH]c2ccccc12. The van der Waals surface area contributed by atoms with Gasteiger partial charge >= 0.3 is 6.03 Å². The fourth-order valence-corrected chi connectivity index (χ4v) is 1.23. The zero-order chi connectivity index (χ0) is 9.97. The van der Waals surface area contributed by atoms with Gasteiger partial charge < -0.3 is 5.32 Å². The lowest BCUT2D eigenvalue weighted by Crippen LogP contribution is -2.24. The molecule has 1 heterocycles. The third-order valence-corrected chi connectivity index (χ3v) is 1.93. The lowest BCUT2D eigenvalue weighted by Gasteiger charge is -1.99. The molecule has 0 aliphatic rings. The number of amides is 2. The Balaban J connectivity index is 2.38. The topological polar surface area (TPSA) is 69.8 Å². The Bertz CT molecular complexity index is 463. The summed E-state index contributed by atoms with van der Waals surface area (Å²) in [6, 6.07) is 7.32. The normalized spacial score (nSPS) is 10.1. The maximum absolute atomic E-state index is 11.0. The molecule has 0 bridgehead atoms. The Kier molecular flexibility index (Phi) is 2.06. The molecule has 72 valence electrons. The van der Waals surface area contributed by atoms with Gasteiger partial charge in [-0.15, -0.1) is 0 Å². The fraction of sp³-hybridized carbons (Fsp3) is 0.111. The van der Waals surface area contributed by atoms with Gasteiger partial charge in [0.2, 0.25) is 0 Å². The number of urea groups is 1. The van der Waals surface area contributed by atoms with E-state index in [0.717, 1.165) is 10.9 Å². The molecular formula is C9H10N4O. The second-order valence-corrected chi connectivity index (χ2v) is 2.82. The van der Waals surface area contributed by atoms with E-state index in [0.29, 0.717) is 5.82 Å². The number of nitrogens with one attached hydrogen (secondary N) is 3. The van der Waals surface area contributed by atoms with Crippen molar-refractivity contribution in [1.82, 2.24) is 15.5 Å². The second kappa shape index (κ2) is 3.37. The maximum Gasteiger partial charge on any atom is 0.320 e. The molecule has 0 fully saturated rings. The minimum absolute atomic E-state index is 0.276. The molecule has 5 nitrogen and oxygen atoms in total. The quantitative estimate of drug-likeness (QED) is 0.634. The number of rotatable bonds is 1. The average Bonchev–Trinajstić information content (AvgIpc) is 2.62. The smallest absolute Gasteiger partial charge is 0.320 e. The van der Waals surface area contributed by atoms with E-state index in [1.54, 1.807) is 7.05 Å². The molecule has 2 aromatic rings. The standard InChI is InChI=1S/C9H10N4O/c1-10-9(14)11-8-6-4-2-3-5-7(6)12-13-8/h2-5H,1H3,(H3,10,11,12,13,14). The molecule has 14 heavy (non-hydrogen) atoms. The van der Waals surface area contributed by atoms with E-state index in [4.69, 9.17) is 0 Å². The van der Waals surface area contributed by atoms with Crippen LogP contribution in [0.2, 0.25) is 0 Å². The highest BCUT2D eigenvalue weighted by Crippen LogP contribution is 2.18. The number of hydrogen-bond acceptors (Lipinski definition) is 2. The molecule has 2 rings (SSSR count). The lowest BCUT2D eigenvalue weighted by atomic mass is 10.2. The van der Waals surface area contributed by atoms with E-state index < -0.39 is 0 Å². The number of carbonyl (C=O) groups excluding carboxylic acids is 1. The Hall–Kier alpha value is -2.04. The minimum Gasteiger partial charge on any atom is -0.341 e. The van der Waals surface area contributed by atoms with Crippen LogP contribution in [0.4, 0.5) is 10.6 Å². The van der Waals surface area contributed by atoms with E-state index in [1.807, 2.05) is 24.3 Å². The van der Waals surface area contributed by atoms with Crippen molar-refractivity contribution in [3.05, 3.63) is 24.3 Å². The summed E-state index contributed by atoms with van der Waals surface area (Å²) in [7, 11) is 1.56. The van der Waals surface area contributed by atoms with E-state index in [-0.39, 0.29) is 6.03 Å². The molecule has 1 aromatic heterocycles. The van der Waals surface area contributed by atoms with Crippen molar-refractivity contribution in [2.75, 3.05) is 12.4 Å². The van der Waals surface area contributed by atoms with Crippen molar-refractivity contribution < 1.29 is 4.79 Å². The van der Waals surface area contributed by atoms with Crippen molar-refractivity contribution in [3.8, 4) is 0 Å². The van der Waals surface area contributed by atoms with Crippen molar-refractivity contribution in [2.45, 2.75) is 0 Å². The zero-order valence-electron chi connectivity index (χ0n) is 7.66. The van der Waals surface area contributed by atoms with Crippen molar-refractivity contribution in [2.24, 2.45) is 0 Å². The Morgan fingerprint density at radius 2 is 2.21 bits per heavy atom. The van der Waals surface area contributed by atoms with Gasteiger partial charge in [-0.3, -0.25) is 10.4 Å². The predicted octanol–water partition coefficient (Wildman–Crippen LogP) is 1.31. The van der Waals surface area contributed by atoms with Gasteiger partial charge in [-0.1, -0.05) is 12.1 Å². The molecular weight excluding hydrogens is 180 g/mol. The summed E-state index contributed by atoms with van der Waals surface area (Å²) in [6.07, 6.45) is 0. The molecule has 0 radical (unpaired) electrons. The van der Waals surface area contributed by atoms with Crippen LogP contribution in [-0.4, -0.2) is 23.3 Å². The summed E-state index contributed by atoms with van der Waals surface area (Å²) in [5.74, 6) is 0.542. The number of anilines is 1. The van der Waals surface area contributed by atoms with Crippen LogP contribution in [0.3, 0.4) is 0 Å². The molecule has 0 saturated heterocycles. The van der Waals surface area contributed by atoms with Crippen LogP contribution in [0.15, 0.2) is 24.3 Å². The minimum atomic E-state index is -0.276. The van der Waals surface area contributed by atoms with Gasteiger partial charge in [0.05, 0.1) is 5.52 Å². The number of benzene rings is 1. The molecule has 0 atom stereocenters. The number of hydrogen-bond donors (Lipinski definition) is 3. The van der Waals surface area contributed by atoms with Gasteiger partial charge in [-0.2, -0.15) is 5.10 Å². The predicted molar refractivity (Wildman–Crippen MR) is 54.2 cm³/mol. The molecule has 3 N–H and O–H groups in total. The molecule has 0 spiro atoms. The second-order valence-electron chi connectivity index (χ2n) is 2.82. The number of H-pyrrole nitrogens is 1. The monoisotopic (exact) mass is 190 g/mol. The third-order valence-electron chi connectivity index (χ3n) is 1.93. The van der Waals surface area contributed by atoms with Crippen LogP contribution < -0.4 is 10.6 Å². The highest BCUT2D eigenvalue weighted by molar-refractivity contribution is 5.98. The summed E-state index contributed by atoms with van der Waals surface area (Å²) in [6.45, 7) is 0. The average molecular weight is 190 g/mol. The maximum atomic E-state index is 11.0. The largest absolute Gasteiger partial charge is 0.341 e. The van der Waals surface area contributed by atoms with Gasteiger partial charge in [0.25, 0.3) is 0 Å². The highest BCUT2D eigenvalue weighted by atomic mass is 16.2. The molecule has 0 unspecified atom stereocenters. The highest BCUT2D eigenvalue weighted by Gasteiger charge is 2.06. The van der Waals surface area contributed by atoms with E-state index in [9.17, 15) is 4.79 Å². The van der Waals surface area contributed by atoms with Gasteiger partial charge in [0, 0.05) is 12.4 Å². The summed E-state index contributed by atoms with van der Waals surface area (Å²) >= 11 is 0. The Labute approximate surface area is 80.5 Å². The van der Waals surface area contributed by atoms with Crippen LogP contribution in [0.5, 0.6) is 0 Å². The van der Waals surface area contributed by atoms with Crippen molar-refractivity contribution in [3.63, 3.8) is 0 Å². The van der Waals surface area contributed by atoms with Gasteiger partial charge in [-0.25, -0.2) is 4.79 Å². The van der Waals surface area contributed by atoms with Gasteiger partial charge in [0.15, 0.2) is 5.82 Å². The summed E-state index contributed by atoms with van der Waals surface area (Å²) in [5.41, 5.74) is 0.902. The number of aromatic amines is 1. The van der Waals surface area contributed by atoms with Crippen LogP contribution >= 0.6 is 0 Å².